The van der Waals surface area contributed by atoms with Crippen LogP contribution in [0, 0.1) is 0 Å². The molecule has 5 heteroatoms. The molecule has 0 heterocycles. The van der Waals surface area contributed by atoms with Crippen LogP contribution in [0.15, 0.2) is 24.3 Å². The molecule has 132 valence electrons. The first-order valence-corrected chi connectivity index (χ1v) is 8.69. The van der Waals surface area contributed by atoms with Gasteiger partial charge in [-0.2, -0.15) is 0 Å². The molecular weight excluding hydrogens is 306 g/mol. The fourth-order valence-corrected chi connectivity index (χ4v) is 3.18. The number of aliphatic carboxylic acids is 1. The summed E-state index contributed by atoms with van der Waals surface area (Å²) < 4.78 is 5.14. The normalized spacial score (nSPS) is 15.4. The third-order valence-electron chi connectivity index (χ3n) is 4.73. The number of carboxylic acids is 1. The number of benzene rings is 1. The molecule has 0 unspecified atom stereocenters. The van der Waals surface area contributed by atoms with Gasteiger partial charge in [0.05, 0.1) is 19.1 Å². The van der Waals surface area contributed by atoms with E-state index in [9.17, 15) is 9.59 Å². The largest absolute Gasteiger partial charge is 0.497 e. The maximum atomic E-state index is 12.0. The quantitative estimate of drug-likeness (QED) is 0.644. The zero-order valence-electron chi connectivity index (χ0n) is 14.3. The number of unbranched alkanes of at least 4 members (excludes halogenated alkanes) is 2. The Hall–Kier alpha value is -2.04. The van der Waals surface area contributed by atoms with E-state index in [1.54, 1.807) is 7.11 Å². The summed E-state index contributed by atoms with van der Waals surface area (Å²) in [5.74, 6) is 0.0107. The van der Waals surface area contributed by atoms with Gasteiger partial charge in [-0.3, -0.25) is 9.59 Å². The molecule has 0 atom stereocenters. The van der Waals surface area contributed by atoms with E-state index >= 15 is 0 Å². The van der Waals surface area contributed by atoms with Crippen LogP contribution in [0.2, 0.25) is 0 Å². The second kappa shape index (κ2) is 8.71. The van der Waals surface area contributed by atoms with Gasteiger partial charge in [0.1, 0.15) is 5.75 Å². The first kappa shape index (κ1) is 18.3. The average molecular weight is 333 g/mol. The van der Waals surface area contributed by atoms with Crippen LogP contribution in [-0.4, -0.2) is 29.6 Å². The van der Waals surface area contributed by atoms with Crippen LogP contribution in [0.1, 0.15) is 56.9 Å². The van der Waals surface area contributed by atoms with Crippen molar-refractivity contribution in [1.82, 2.24) is 5.32 Å². The van der Waals surface area contributed by atoms with Crippen molar-refractivity contribution in [3.8, 4) is 5.75 Å². The molecule has 1 saturated carbocycles. The Morgan fingerprint density at radius 1 is 1.17 bits per heavy atom. The Bertz CT molecular complexity index is 549. The lowest BCUT2D eigenvalue weighted by atomic mass is 9.74. The molecule has 0 bridgehead atoms. The van der Waals surface area contributed by atoms with Crippen molar-refractivity contribution in [2.24, 2.45) is 0 Å². The minimum Gasteiger partial charge on any atom is -0.497 e. The van der Waals surface area contributed by atoms with Gasteiger partial charge in [0, 0.05) is 6.42 Å². The number of carbonyl (C=O) groups is 2. The van der Waals surface area contributed by atoms with Crippen LogP contribution < -0.4 is 10.1 Å². The first-order chi connectivity index (χ1) is 11.5. The van der Waals surface area contributed by atoms with Gasteiger partial charge in [-0.25, -0.2) is 0 Å². The van der Waals surface area contributed by atoms with Gasteiger partial charge in [0.2, 0.25) is 5.91 Å². The van der Waals surface area contributed by atoms with E-state index < -0.39 is 11.5 Å². The van der Waals surface area contributed by atoms with Crippen LogP contribution >= 0.6 is 0 Å². The molecule has 1 fully saturated rings. The number of carboxylic acid groups (broad SMARTS) is 1. The second-order valence-corrected chi connectivity index (χ2v) is 6.66. The van der Waals surface area contributed by atoms with Crippen LogP contribution in [-0.2, 0) is 16.0 Å². The van der Waals surface area contributed by atoms with E-state index in [4.69, 9.17) is 9.84 Å². The van der Waals surface area contributed by atoms with Gasteiger partial charge in [-0.1, -0.05) is 18.6 Å². The molecule has 1 aliphatic carbocycles. The minimum atomic E-state index is -0.838. The predicted molar refractivity (Wildman–Crippen MR) is 92.1 cm³/mol. The van der Waals surface area contributed by atoms with Crippen LogP contribution in [0.5, 0.6) is 5.75 Å². The zero-order chi connectivity index (χ0) is 17.4. The van der Waals surface area contributed by atoms with Gasteiger partial charge >= 0.3 is 5.97 Å². The summed E-state index contributed by atoms with van der Waals surface area (Å²) in [7, 11) is 1.66. The van der Waals surface area contributed by atoms with Crippen molar-refractivity contribution in [1.29, 1.82) is 0 Å². The molecule has 0 radical (unpaired) electrons. The third-order valence-corrected chi connectivity index (χ3v) is 4.73. The molecule has 1 aliphatic rings. The van der Waals surface area contributed by atoms with E-state index in [2.05, 4.69) is 17.4 Å². The number of hydrogen-bond donors (Lipinski definition) is 2. The van der Waals surface area contributed by atoms with Crippen molar-refractivity contribution in [3.05, 3.63) is 29.8 Å². The highest BCUT2D eigenvalue weighted by Crippen LogP contribution is 2.35. The number of carbonyl (C=O) groups excluding carboxylic acids is 1. The number of ether oxygens (including phenoxy) is 1. The molecule has 24 heavy (non-hydrogen) atoms. The van der Waals surface area contributed by atoms with Gasteiger partial charge in [0.15, 0.2) is 0 Å². The molecule has 2 rings (SSSR count). The molecule has 1 aromatic carbocycles. The highest BCUT2D eigenvalue weighted by atomic mass is 16.5. The fraction of sp³-hybridized carbons (Fsp3) is 0.579. The molecule has 0 spiro atoms. The van der Waals surface area contributed by atoms with E-state index in [1.807, 2.05) is 12.1 Å². The van der Waals surface area contributed by atoms with Crippen molar-refractivity contribution in [3.63, 3.8) is 0 Å². The lowest BCUT2D eigenvalue weighted by Crippen LogP contribution is -2.54. The average Bonchev–Trinajstić information content (AvgIpc) is 2.52. The lowest BCUT2D eigenvalue weighted by molar-refractivity contribution is -0.140. The van der Waals surface area contributed by atoms with E-state index in [0.717, 1.165) is 50.7 Å². The van der Waals surface area contributed by atoms with Crippen LogP contribution in [0.25, 0.3) is 0 Å². The monoisotopic (exact) mass is 333 g/mol. The number of amides is 1. The summed E-state index contributed by atoms with van der Waals surface area (Å²) in [6.45, 7) is 0. The Kier molecular flexibility index (Phi) is 6.64. The van der Waals surface area contributed by atoms with Crippen molar-refractivity contribution in [2.45, 2.75) is 63.3 Å². The second-order valence-electron chi connectivity index (χ2n) is 6.66. The lowest BCUT2D eigenvalue weighted by Gasteiger charge is -2.41. The first-order valence-electron chi connectivity index (χ1n) is 8.69. The van der Waals surface area contributed by atoms with Gasteiger partial charge in [0.25, 0.3) is 0 Å². The predicted octanol–water partition coefficient (Wildman–Crippen LogP) is 3.31. The van der Waals surface area contributed by atoms with E-state index in [0.29, 0.717) is 6.42 Å². The molecule has 2 N–H and O–H groups in total. The highest BCUT2D eigenvalue weighted by molar-refractivity contribution is 5.78. The smallest absolute Gasteiger partial charge is 0.305 e. The van der Waals surface area contributed by atoms with E-state index in [1.165, 1.54) is 5.56 Å². The number of nitrogens with one attached hydrogen (secondary N) is 1. The SMILES string of the molecule is COc1ccc(CCCCCC(=O)NC2(CC(=O)O)CCC2)cc1. The van der Waals surface area contributed by atoms with Crippen molar-refractivity contribution < 1.29 is 19.4 Å². The van der Waals surface area contributed by atoms with Crippen LogP contribution in [0.4, 0.5) is 0 Å². The fourth-order valence-electron chi connectivity index (χ4n) is 3.18. The molecule has 1 amide bonds. The zero-order valence-corrected chi connectivity index (χ0v) is 14.3. The van der Waals surface area contributed by atoms with Crippen molar-refractivity contribution in [2.75, 3.05) is 7.11 Å². The van der Waals surface area contributed by atoms with Gasteiger partial charge in [-0.15, -0.1) is 0 Å². The van der Waals surface area contributed by atoms with Crippen molar-refractivity contribution >= 4 is 11.9 Å². The molecule has 5 nitrogen and oxygen atoms in total. The Morgan fingerprint density at radius 2 is 1.88 bits per heavy atom. The Morgan fingerprint density at radius 3 is 2.42 bits per heavy atom. The number of hydrogen-bond acceptors (Lipinski definition) is 3. The molecule has 1 aromatic rings. The molecular formula is C19H27NO4. The number of rotatable bonds is 10. The summed E-state index contributed by atoms with van der Waals surface area (Å²) >= 11 is 0. The Labute approximate surface area is 143 Å². The summed E-state index contributed by atoms with van der Waals surface area (Å²) in [4.78, 5) is 22.9. The standard InChI is InChI=1S/C19H27NO4/c1-24-16-10-8-15(9-11-16)6-3-2-4-7-17(21)20-19(12-5-13-19)14-18(22)23/h8-11H,2-7,12-14H2,1H3,(H,20,21)(H,22,23). The summed E-state index contributed by atoms with van der Waals surface area (Å²) in [6.07, 6.45) is 6.94. The minimum absolute atomic E-state index is 0.0135. The van der Waals surface area contributed by atoms with E-state index in [-0.39, 0.29) is 12.3 Å². The summed E-state index contributed by atoms with van der Waals surface area (Å²) in [6, 6.07) is 8.06. The van der Waals surface area contributed by atoms with Gasteiger partial charge in [-0.05, 0) is 56.2 Å². The molecule has 0 aliphatic heterocycles. The van der Waals surface area contributed by atoms with Crippen LogP contribution in [0.3, 0.4) is 0 Å². The molecule has 0 saturated heterocycles. The number of methoxy groups -OCH3 is 1. The molecule has 0 aromatic heterocycles. The highest BCUT2D eigenvalue weighted by Gasteiger charge is 2.40. The summed E-state index contributed by atoms with van der Waals surface area (Å²) in [5, 5.41) is 11.9. The topological polar surface area (TPSA) is 75.6 Å². The maximum Gasteiger partial charge on any atom is 0.305 e. The van der Waals surface area contributed by atoms with Gasteiger partial charge < -0.3 is 15.2 Å². The maximum absolute atomic E-state index is 12.0. The number of aryl methyl sites for hydroxylation is 1. The Balaban J connectivity index is 1.61. The third kappa shape index (κ3) is 5.55. The summed E-state index contributed by atoms with van der Waals surface area (Å²) in [5.41, 5.74) is 0.793.